The number of carbonyl (C=O) groups is 2. The fraction of sp³-hybridized carbons (Fsp3) is 0.133. The molecule has 2 amide bonds. The summed E-state index contributed by atoms with van der Waals surface area (Å²) in [5, 5.41) is 5.97. The molecule has 4 rings (SSSR count). The first kappa shape index (κ1) is 24.5. The van der Waals surface area contributed by atoms with Crippen molar-refractivity contribution in [2.75, 3.05) is 35.7 Å². The summed E-state index contributed by atoms with van der Waals surface area (Å²) in [5.74, 6) is 0.425. The molecule has 0 heterocycles. The quantitative estimate of drug-likeness (QED) is 0.309. The number of hydrogen-bond donors (Lipinski definition) is 2. The second-order valence-corrected chi connectivity index (χ2v) is 8.29. The van der Waals surface area contributed by atoms with Crippen LogP contribution < -0.4 is 20.3 Å². The van der Waals surface area contributed by atoms with Gasteiger partial charge in [0.05, 0.1) is 13.2 Å². The van der Waals surface area contributed by atoms with Gasteiger partial charge in [-0.2, -0.15) is 0 Å². The van der Waals surface area contributed by atoms with Gasteiger partial charge in [0, 0.05) is 42.2 Å². The highest BCUT2D eigenvalue weighted by Gasteiger charge is 2.13. The number of amides is 2. The van der Waals surface area contributed by atoms with Gasteiger partial charge in [-0.1, -0.05) is 54.6 Å². The van der Waals surface area contributed by atoms with Gasteiger partial charge in [0.25, 0.3) is 5.91 Å². The fourth-order valence-corrected chi connectivity index (χ4v) is 3.68. The van der Waals surface area contributed by atoms with Crippen molar-refractivity contribution >= 4 is 28.9 Å². The molecule has 6 nitrogen and oxygen atoms in total. The summed E-state index contributed by atoms with van der Waals surface area (Å²) in [7, 11) is 1.75. The van der Waals surface area contributed by atoms with Crippen molar-refractivity contribution in [3.05, 3.63) is 120 Å². The van der Waals surface area contributed by atoms with E-state index in [0.29, 0.717) is 23.6 Å². The van der Waals surface area contributed by atoms with E-state index in [4.69, 9.17) is 4.74 Å². The van der Waals surface area contributed by atoms with Crippen LogP contribution in [0.25, 0.3) is 0 Å². The van der Waals surface area contributed by atoms with E-state index in [1.54, 1.807) is 36.2 Å². The Labute approximate surface area is 211 Å². The van der Waals surface area contributed by atoms with E-state index < -0.39 is 0 Å². The van der Waals surface area contributed by atoms with Crippen LogP contribution in [0.3, 0.4) is 0 Å². The van der Waals surface area contributed by atoms with Crippen LogP contribution in [0.1, 0.15) is 15.9 Å². The largest absolute Gasteiger partial charge is 0.493 e. The number of anilines is 3. The third-order valence-electron chi connectivity index (χ3n) is 5.65. The van der Waals surface area contributed by atoms with E-state index in [9.17, 15) is 9.59 Å². The first-order chi connectivity index (χ1) is 17.6. The van der Waals surface area contributed by atoms with E-state index in [2.05, 4.69) is 22.8 Å². The van der Waals surface area contributed by atoms with Crippen LogP contribution in [0.15, 0.2) is 109 Å². The lowest BCUT2D eigenvalue weighted by atomic mass is 10.1. The van der Waals surface area contributed by atoms with Crippen LogP contribution >= 0.6 is 0 Å². The Balaban J connectivity index is 1.24. The lowest BCUT2D eigenvalue weighted by Crippen LogP contribution is -2.26. The minimum absolute atomic E-state index is 0.0936. The van der Waals surface area contributed by atoms with Gasteiger partial charge in [-0.05, 0) is 54.1 Å². The summed E-state index contributed by atoms with van der Waals surface area (Å²) in [4.78, 5) is 26.8. The Bertz CT molecular complexity index is 1280. The molecule has 4 aromatic carbocycles. The lowest BCUT2D eigenvalue weighted by molar-refractivity contribution is -0.114. The normalized spacial score (nSPS) is 10.4. The summed E-state index contributed by atoms with van der Waals surface area (Å²) in [5.41, 5.74) is 4.03. The Morgan fingerprint density at radius 2 is 1.47 bits per heavy atom. The molecule has 6 heteroatoms. The van der Waals surface area contributed by atoms with Gasteiger partial charge in [0.2, 0.25) is 5.91 Å². The second-order valence-electron chi connectivity index (χ2n) is 8.29. The summed E-state index contributed by atoms with van der Waals surface area (Å²) < 4.78 is 5.84. The van der Waals surface area contributed by atoms with Crippen molar-refractivity contribution < 1.29 is 14.3 Å². The Kier molecular flexibility index (Phi) is 8.33. The molecule has 0 aromatic heterocycles. The SMILES string of the molecule is CN(C(=O)c1ccc(NCC(=O)Nc2cccc(OCCc3ccccc3)c2)cc1)c1ccccc1. The van der Waals surface area contributed by atoms with Crippen molar-refractivity contribution in [3.8, 4) is 5.75 Å². The third kappa shape index (κ3) is 6.96. The molecule has 0 radical (unpaired) electrons. The van der Waals surface area contributed by atoms with Gasteiger partial charge in [0.15, 0.2) is 0 Å². The molecule has 0 aliphatic carbocycles. The highest BCUT2D eigenvalue weighted by molar-refractivity contribution is 6.05. The molecule has 4 aromatic rings. The molecule has 0 saturated carbocycles. The summed E-state index contributed by atoms with van der Waals surface area (Å²) in [6.45, 7) is 0.652. The van der Waals surface area contributed by atoms with Crippen molar-refractivity contribution in [1.29, 1.82) is 0 Å². The first-order valence-electron chi connectivity index (χ1n) is 11.8. The molecule has 0 saturated heterocycles. The minimum Gasteiger partial charge on any atom is -0.493 e. The molecular weight excluding hydrogens is 450 g/mol. The molecule has 0 atom stereocenters. The number of nitrogens with zero attached hydrogens (tertiary/aromatic N) is 1. The van der Waals surface area contributed by atoms with E-state index in [-0.39, 0.29) is 18.4 Å². The first-order valence-corrected chi connectivity index (χ1v) is 11.8. The maximum absolute atomic E-state index is 12.7. The predicted molar refractivity (Wildman–Crippen MR) is 145 cm³/mol. The molecule has 0 aliphatic rings. The van der Waals surface area contributed by atoms with Gasteiger partial charge in [-0.3, -0.25) is 9.59 Å². The van der Waals surface area contributed by atoms with Gasteiger partial charge >= 0.3 is 0 Å². The zero-order chi connectivity index (χ0) is 25.2. The van der Waals surface area contributed by atoms with E-state index in [0.717, 1.165) is 17.8 Å². The van der Waals surface area contributed by atoms with Gasteiger partial charge in [-0.15, -0.1) is 0 Å². The van der Waals surface area contributed by atoms with Crippen LogP contribution in [0, 0.1) is 0 Å². The van der Waals surface area contributed by atoms with Crippen molar-refractivity contribution in [1.82, 2.24) is 0 Å². The zero-order valence-corrected chi connectivity index (χ0v) is 20.2. The van der Waals surface area contributed by atoms with Gasteiger partial charge in [0.1, 0.15) is 5.75 Å². The maximum Gasteiger partial charge on any atom is 0.258 e. The number of ether oxygens (including phenoxy) is 1. The molecule has 0 aliphatic heterocycles. The van der Waals surface area contributed by atoms with Crippen molar-refractivity contribution in [3.63, 3.8) is 0 Å². The Morgan fingerprint density at radius 3 is 2.19 bits per heavy atom. The zero-order valence-electron chi connectivity index (χ0n) is 20.2. The Hall–Kier alpha value is -4.58. The summed E-state index contributed by atoms with van der Waals surface area (Å²) in [6.07, 6.45) is 0.814. The maximum atomic E-state index is 12.7. The van der Waals surface area contributed by atoms with E-state index >= 15 is 0 Å². The Morgan fingerprint density at radius 1 is 0.778 bits per heavy atom. The summed E-state index contributed by atoms with van der Waals surface area (Å²) in [6, 6.07) is 34.1. The average molecular weight is 480 g/mol. The van der Waals surface area contributed by atoms with E-state index in [1.807, 2.05) is 72.8 Å². The standard InChI is InChI=1S/C30H29N3O3/c1-33(27-12-6-3-7-13-27)30(35)24-15-17-25(18-16-24)31-22-29(34)32-26-11-8-14-28(21-26)36-20-19-23-9-4-2-5-10-23/h2-18,21,31H,19-20,22H2,1H3,(H,32,34). The number of hydrogen-bond acceptors (Lipinski definition) is 4. The number of benzene rings is 4. The number of rotatable bonds is 10. The smallest absolute Gasteiger partial charge is 0.258 e. The summed E-state index contributed by atoms with van der Waals surface area (Å²) >= 11 is 0. The van der Waals surface area contributed by atoms with Crippen molar-refractivity contribution in [2.24, 2.45) is 0 Å². The van der Waals surface area contributed by atoms with Gasteiger partial charge in [-0.25, -0.2) is 0 Å². The second kappa shape index (κ2) is 12.2. The lowest BCUT2D eigenvalue weighted by Gasteiger charge is -2.17. The molecule has 0 unspecified atom stereocenters. The molecule has 182 valence electrons. The molecule has 2 N–H and O–H groups in total. The van der Waals surface area contributed by atoms with Crippen LogP contribution in [-0.4, -0.2) is 32.0 Å². The minimum atomic E-state index is -0.180. The molecule has 36 heavy (non-hydrogen) atoms. The number of para-hydroxylation sites is 1. The van der Waals surface area contributed by atoms with Crippen LogP contribution in [0.4, 0.5) is 17.1 Å². The fourth-order valence-electron chi connectivity index (χ4n) is 3.68. The highest BCUT2D eigenvalue weighted by Crippen LogP contribution is 2.19. The van der Waals surface area contributed by atoms with E-state index in [1.165, 1.54) is 5.56 Å². The predicted octanol–water partition coefficient (Wildman–Crippen LogP) is 5.64. The number of carbonyl (C=O) groups excluding carboxylic acids is 2. The average Bonchev–Trinajstić information content (AvgIpc) is 2.93. The molecule has 0 fully saturated rings. The molecular formula is C30H29N3O3. The molecule has 0 bridgehead atoms. The van der Waals surface area contributed by atoms with Crippen molar-refractivity contribution in [2.45, 2.75) is 6.42 Å². The topological polar surface area (TPSA) is 70.7 Å². The van der Waals surface area contributed by atoms with Crippen LogP contribution in [0.5, 0.6) is 5.75 Å². The molecule has 0 spiro atoms. The highest BCUT2D eigenvalue weighted by atomic mass is 16.5. The van der Waals surface area contributed by atoms with Crippen LogP contribution in [-0.2, 0) is 11.2 Å². The third-order valence-corrected chi connectivity index (χ3v) is 5.65. The number of nitrogens with one attached hydrogen (secondary N) is 2. The van der Waals surface area contributed by atoms with Gasteiger partial charge < -0.3 is 20.3 Å². The van der Waals surface area contributed by atoms with Crippen LogP contribution in [0.2, 0.25) is 0 Å². The monoisotopic (exact) mass is 479 g/mol.